The molecule has 0 spiro atoms. The van der Waals surface area contributed by atoms with Crippen molar-refractivity contribution in [1.82, 2.24) is 0 Å². The molecule has 1 heteroatoms. The molecule has 0 saturated carbocycles. The molecule has 0 aromatic heterocycles. The number of ether oxygens (including phenoxy) is 1. The Balaban J connectivity index is 2.61. The highest BCUT2D eigenvalue weighted by Gasteiger charge is 2.29. The zero-order chi connectivity index (χ0) is 10.1. The minimum Gasteiger partial charge on any atom is -0.370 e. The van der Waals surface area contributed by atoms with Crippen molar-refractivity contribution in [3.63, 3.8) is 0 Å². The van der Waals surface area contributed by atoms with Crippen molar-refractivity contribution in [2.24, 2.45) is 11.3 Å². The summed E-state index contributed by atoms with van der Waals surface area (Å²) in [6, 6.07) is 0. The Hall–Kier alpha value is -0.300. The largest absolute Gasteiger partial charge is 0.370 e. The SMILES string of the molecule is CC(C)[C@@H]1C=CC[C@@H](C(C)(C)C)O1. The maximum absolute atomic E-state index is 6.03. The van der Waals surface area contributed by atoms with Crippen LogP contribution in [0.15, 0.2) is 12.2 Å². The second kappa shape index (κ2) is 3.83. The van der Waals surface area contributed by atoms with E-state index < -0.39 is 0 Å². The summed E-state index contributed by atoms with van der Waals surface area (Å²) in [4.78, 5) is 0. The van der Waals surface area contributed by atoms with Crippen molar-refractivity contribution in [3.05, 3.63) is 12.2 Å². The number of hydrogen-bond acceptors (Lipinski definition) is 1. The minimum atomic E-state index is 0.262. The zero-order valence-corrected chi connectivity index (χ0v) is 9.50. The molecule has 1 nitrogen and oxygen atoms in total. The molecular formula is C12H22O. The monoisotopic (exact) mass is 182 g/mol. The van der Waals surface area contributed by atoms with Gasteiger partial charge in [-0.2, -0.15) is 0 Å². The lowest BCUT2D eigenvalue weighted by atomic mass is 9.85. The Kier molecular flexibility index (Phi) is 3.18. The van der Waals surface area contributed by atoms with Crippen molar-refractivity contribution in [3.8, 4) is 0 Å². The smallest absolute Gasteiger partial charge is 0.0782 e. The van der Waals surface area contributed by atoms with E-state index >= 15 is 0 Å². The molecule has 0 radical (unpaired) electrons. The molecule has 1 aliphatic rings. The standard InChI is InChI=1S/C12H22O/c1-9(2)10-7-6-8-11(13-10)12(3,4)5/h6-7,9-11H,8H2,1-5H3/t10-,11-/m0/s1. The highest BCUT2D eigenvalue weighted by Crippen LogP contribution is 2.30. The van der Waals surface area contributed by atoms with E-state index in [9.17, 15) is 0 Å². The molecule has 0 aromatic rings. The lowest BCUT2D eigenvalue weighted by molar-refractivity contribution is -0.0684. The van der Waals surface area contributed by atoms with Gasteiger partial charge in [-0.05, 0) is 17.8 Å². The summed E-state index contributed by atoms with van der Waals surface area (Å²) < 4.78 is 6.03. The van der Waals surface area contributed by atoms with Gasteiger partial charge in [0.2, 0.25) is 0 Å². The lowest BCUT2D eigenvalue weighted by Crippen LogP contribution is -2.36. The third-order valence-corrected chi connectivity index (χ3v) is 2.62. The summed E-state index contributed by atoms with van der Waals surface area (Å²) in [5.41, 5.74) is 0.262. The summed E-state index contributed by atoms with van der Waals surface area (Å²) in [5, 5.41) is 0. The zero-order valence-electron chi connectivity index (χ0n) is 9.50. The Morgan fingerprint density at radius 1 is 1.31 bits per heavy atom. The Morgan fingerprint density at radius 2 is 1.92 bits per heavy atom. The molecule has 76 valence electrons. The van der Waals surface area contributed by atoms with Crippen LogP contribution in [0.2, 0.25) is 0 Å². The van der Waals surface area contributed by atoms with Crippen LogP contribution in [0, 0.1) is 11.3 Å². The highest BCUT2D eigenvalue weighted by atomic mass is 16.5. The first kappa shape index (κ1) is 10.8. The first-order chi connectivity index (χ1) is 5.91. The lowest BCUT2D eigenvalue weighted by Gasteiger charge is -2.36. The first-order valence-corrected chi connectivity index (χ1v) is 5.23. The van der Waals surface area contributed by atoms with E-state index in [4.69, 9.17) is 4.74 Å². The molecule has 2 atom stereocenters. The molecule has 0 unspecified atom stereocenters. The molecule has 0 saturated heterocycles. The minimum absolute atomic E-state index is 0.262. The van der Waals surface area contributed by atoms with E-state index in [0.29, 0.717) is 18.1 Å². The van der Waals surface area contributed by atoms with Gasteiger partial charge in [0, 0.05) is 0 Å². The fraction of sp³-hybridized carbons (Fsp3) is 0.833. The molecule has 1 aliphatic heterocycles. The molecule has 0 aromatic carbocycles. The summed E-state index contributed by atoms with van der Waals surface area (Å²) in [6.07, 6.45) is 6.23. The molecule has 0 fully saturated rings. The van der Waals surface area contributed by atoms with Crippen molar-refractivity contribution in [1.29, 1.82) is 0 Å². The van der Waals surface area contributed by atoms with Crippen molar-refractivity contribution in [2.45, 2.75) is 53.2 Å². The van der Waals surface area contributed by atoms with Crippen LogP contribution in [-0.2, 0) is 4.74 Å². The Bertz CT molecular complexity index is 186. The topological polar surface area (TPSA) is 9.23 Å². The van der Waals surface area contributed by atoms with E-state index in [-0.39, 0.29) is 5.41 Å². The molecule has 13 heavy (non-hydrogen) atoms. The molecule has 1 heterocycles. The molecule has 0 bridgehead atoms. The predicted molar refractivity (Wildman–Crippen MR) is 56.7 cm³/mol. The van der Waals surface area contributed by atoms with Gasteiger partial charge in [-0.1, -0.05) is 46.8 Å². The third-order valence-electron chi connectivity index (χ3n) is 2.62. The summed E-state index contributed by atoms with van der Waals surface area (Å²) >= 11 is 0. The third kappa shape index (κ3) is 2.84. The summed E-state index contributed by atoms with van der Waals surface area (Å²) in [5.74, 6) is 0.585. The van der Waals surface area contributed by atoms with Crippen molar-refractivity contribution >= 4 is 0 Å². The molecule has 0 amide bonds. The fourth-order valence-electron chi connectivity index (χ4n) is 1.56. The summed E-state index contributed by atoms with van der Waals surface area (Å²) in [7, 11) is 0. The van der Waals surface area contributed by atoms with Gasteiger partial charge >= 0.3 is 0 Å². The van der Waals surface area contributed by atoms with Crippen LogP contribution in [0.3, 0.4) is 0 Å². The van der Waals surface area contributed by atoms with E-state index in [1.165, 1.54) is 0 Å². The van der Waals surface area contributed by atoms with E-state index in [1.807, 2.05) is 0 Å². The van der Waals surface area contributed by atoms with Crippen LogP contribution in [0.1, 0.15) is 41.0 Å². The second-order valence-corrected chi connectivity index (χ2v) is 5.36. The Morgan fingerprint density at radius 3 is 2.38 bits per heavy atom. The van der Waals surface area contributed by atoms with E-state index in [1.54, 1.807) is 0 Å². The first-order valence-electron chi connectivity index (χ1n) is 5.23. The average molecular weight is 182 g/mol. The fourth-order valence-corrected chi connectivity index (χ4v) is 1.56. The van der Waals surface area contributed by atoms with Crippen molar-refractivity contribution in [2.75, 3.05) is 0 Å². The van der Waals surface area contributed by atoms with Gasteiger partial charge in [0.05, 0.1) is 12.2 Å². The van der Waals surface area contributed by atoms with Crippen molar-refractivity contribution < 1.29 is 4.74 Å². The van der Waals surface area contributed by atoms with Gasteiger partial charge in [-0.25, -0.2) is 0 Å². The van der Waals surface area contributed by atoms with Crippen LogP contribution in [0.25, 0.3) is 0 Å². The van der Waals surface area contributed by atoms with Crippen LogP contribution >= 0.6 is 0 Å². The van der Waals surface area contributed by atoms with Gasteiger partial charge in [0.15, 0.2) is 0 Å². The number of hydrogen-bond donors (Lipinski definition) is 0. The normalized spacial score (nSPS) is 29.7. The van der Waals surface area contributed by atoms with E-state index in [2.05, 4.69) is 46.8 Å². The van der Waals surface area contributed by atoms with Gasteiger partial charge in [0.25, 0.3) is 0 Å². The molecule has 0 aliphatic carbocycles. The summed E-state index contributed by atoms with van der Waals surface area (Å²) in [6.45, 7) is 11.1. The van der Waals surface area contributed by atoms with E-state index in [0.717, 1.165) is 6.42 Å². The van der Waals surface area contributed by atoms with Gasteiger partial charge in [0.1, 0.15) is 0 Å². The molecule has 0 N–H and O–H groups in total. The maximum atomic E-state index is 6.03. The van der Waals surface area contributed by atoms with Gasteiger partial charge < -0.3 is 4.74 Å². The molecular weight excluding hydrogens is 160 g/mol. The quantitative estimate of drug-likeness (QED) is 0.565. The van der Waals surface area contributed by atoms with Gasteiger partial charge in [-0.15, -0.1) is 0 Å². The van der Waals surface area contributed by atoms with Gasteiger partial charge in [-0.3, -0.25) is 0 Å². The maximum Gasteiger partial charge on any atom is 0.0782 e. The predicted octanol–water partition coefficient (Wildman–Crippen LogP) is 3.40. The second-order valence-electron chi connectivity index (χ2n) is 5.36. The average Bonchev–Trinajstić information content (AvgIpc) is 2.03. The van der Waals surface area contributed by atoms with Crippen LogP contribution < -0.4 is 0 Å². The van der Waals surface area contributed by atoms with Crippen LogP contribution in [0.4, 0.5) is 0 Å². The number of rotatable bonds is 1. The highest BCUT2D eigenvalue weighted by molar-refractivity contribution is 4.99. The van der Waals surface area contributed by atoms with Crippen LogP contribution in [0.5, 0.6) is 0 Å². The Labute approximate surface area is 82.2 Å². The van der Waals surface area contributed by atoms with Crippen LogP contribution in [-0.4, -0.2) is 12.2 Å². The molecule has 1 rings (SSSR count).